The first kappa shape index (κ1) is 12.7. The van der Waals surface area contributed by atoms with Crippen LogP contribution in [0.2, 0.25) is 0 Å². The van der Waals surface area contributed by atoms with Crippen LogP contribution in [0.1, 0.15) is 22.0 Å². The molecule has 1 aromatic heterocycles. The standard InChI is InChI=1S/C14H17NS2/c1-10-8-9-17-14(10)13(15-2)11-4-6-12(16-3)7-5-11/h4-9,13,15H,1-3H3. The molecule has 1 nitrogen and oxygen atoms in total. The molecule has 1 heterocycles. The Kier molecular flexibility index (Phi) is 4.26. The highest BCUT2D eigenvalue weighted by atomic mass is 32.2. The smallest absolute Gasteiger partial charge is 0.0671 e. The van der Waals surface area contributed by atoms with Crippen molar-refractivity contribution in [1.82, 2.24) is 5.32 Å². The van der Waals surface area contributed by atoms with E-state index < -0.39 is 0 Å². The zero-order chi connectivity index (χ0) is 12.3. The SMILES string of the molecule is CNC(c1ccc(SC)cc1)c1sccc1C. The Balaban J connectivity index is 2.32. The second-order valence-corrected chi connectivity index (χ2v) is 5.79. The summed E-state index contributed by atoms with van der Waals surface area (Å²) in [6.07, 6.45) is 2.11. The van der Waals surface area contributed by atoms with E-state index >= 15 is 0 Å². The molecule has 0 spiro atoms. The second kappa shape index (κ2) is 5.71. The van der Waals surface area contributed by atoms with Gasteiger partial charge in [-0.15, -0.1) is 23.1 Å². The van der Waals surface area contributed by atoms with E-state index in [9.17, 15) is 0 Å². The minimum atomic E-state index is 0.311. The quantitative estimate of drug-likeness (QED) is 0.834. The Hall–Kier alpha value is -0.770. The molecule has 1 N–H and O–H groups in total. The van der Waals surface area contributed by atoms with Crippen molar-refractivity contribution in [3.63, 3.8) is 0 Å². The summed E-state index contributed by atoms with van der Waals surface area (Å²) in [6, 6.07) is 11.3. The normalized spacial score (nSPS) is 12.6. The average Bonchev–Trinajstić information content (AvgIpc) is 2.78. The van der Waals surface area contributed by atoms with E-state index in [2.05, 4.69) is 54.2 Å². The van der Waals surface area contributed by atoms with E-state index in [0.717, 1.165) is 0 Å². The van der Waals surface area contributed by atoms with Crippen LogP contribution < -0.4 is 5.32 Å². The van der Waals surface area contributed by atoms with E-state index in [-0.39, 0.29) is 0 Å². The van der Waals surface area contributed by atoms with Gasteiger partial charge in [0.05, 0.1) is 6.04 Å². The predicted octanol–water partition coefficient (Wildman–Crippen LogP) is 4.09. The van der Waals surface area contributed by atoms with E-state index in [4.69, 9.17) is 0 Å². The molecule has 90 valence electrons. The number of benzene rings is 1. The van der Waals surface area contributed by atoms with Gasteiger partial charge in [-0.3, -0.25) is 0 Å². The Morgan fingerprint density at radius 3 is 2.35 bits per heavy atom. The largest absolute Gasteiger partial charge is 0.309 e. The van der Waals surface area contributed by atoms with Crippen LogP contribution in [0.15, 0.2) is 40.6 Å². The Labute approximate surface area is 111 Å². The summed E-state index contributed by atoms with van der Waals surface area (Å²) in [4.78, 5) is 2.72. The van der Waals surface area contributed by atoms with Crippen LogP contribution in [0.5, 0.6) is 0 Å². The Morgan fingerprint density at radius 1 is 1.18 bits per heavy atom. The molecular weight excluding hydrogens is 246 g/mol. The van der Waals surface area contributed by atoms with Crippen LogP contribution in [0, 0.1) is 6.92 Å². The molecule has 0 bridgehead atoms. The highest BCUT2D eigenvalue weighted by Gasteiger charge is 2.15. The van der Waals surface area contributed by atoms with Crippen molar-refractivity contribution in [2.45, 2.75) is 17.9 Å². The van der Waals surface area contributed by atoms with Gasteiger partial charge < -0.3 is 5.32 Å². The summed E-state index contributed by atoms with van der Waals surface area (Å²) in [6.45, 7) is 2.17. The van der Waals surface area contributed by atoms with Crippen LogP contribution in [0.3, 0.4) is 0 Å². The van der Waals surface area contributed by atoms with Gasteiger partial charge in [0.2, 0.25) is 0 Å². The van der Waals surface area contributed by atoms with Crippen molar-refractivity contribution in [3.05, 3.63) is 51.7 Å². The lowest BCUT2D eigenvalue weighted by molar-refractivity contribution is 0.699. The third-order valence-corrected chi connectivity index (χ3v) is 4.73. The second-order valence-electron chi connectivity index (χ2n) is 3.96. The number of thiophene rings is 1. The van der Waals surface area contributed by atoms with Gasteiger partial charge in [0.15, 0.2) is 0 Å². The lowest BCUT2D eigenvalue weighted by atomic mass is 10.0. The van der Waals surface area contributed by atoms with Crippen LogP contribution in [0.25, 0.3) is 0 Å². The van der Waals surface area contributed by atoms with Crippen LogP contribution in [0.4, 0.5) is 0 Å². The van der Waals surface area contributed by atoms with Gasteiger partial charge in [-0.2, -0.15) is 0 Å². The molecule has 0 aliphatic rings. The van der Waals surface area contributed by atoms with E-state index in [0.29, 0.717) is 6.04 Å². The fourth-order valence-electron chi connectivity index (χ4n) is 1.93. The number of aryl methyl sites for hydroxylation is 1. The first-order valence-corrected chi connectivity index (χ1v) is 7.72. The zero-order valence-corrected chi connectivity index (χ0v) is 12.0. The van der Waals surface area contributed by atoms with E-state index in [1.807, 2.05) is 18.4 Å². The molecular formula is C14H17NS2. The van der Waals surface area contributed by atoms with Crippen molar-refractivity contribution >= 4 is 23.1 Å². The van der Waals surface area contributed by atoms with Crippen LogP contribution >= 0.6 is 23.1 Å². The predicted molar refractivity (Wildman–Crippen MR) is 78.2 cm³/mol. The molecule has 2 aromatic rings. The molecule has 3 heteroatoms. The van der Waals surface area contributed by atoms with Crippen molar-refractivity contribution in [1.29, 1.82) is 0 Å². The Bertz CT molecular complexity index is 473. The molecule has 0 fully saturated rings. The fourth-order valence-corrected chi connectivity index (χ4v) is 3.40. The number of nitrogens with one attached hydrogen (secondary N) is 1. The zero-order valence-electron chi connectivity index (χ0n) is 10.4. The van der Waals surface area contributed by atoms with Gasteiger partial charge in [0, 0.05) is 9.77 Å². The molecule has 1 atom stereocenters. The third-order valence-electron chi connectivity index (χ3n) is 2.90. The maximum atomic E-state index is 3.40. The van der Waals surface area contributed by atoms with Crippen molar-refractivity contribution in [3.8, 4) is 0 Å². The van der Waals surface area contributed by atoms with E-state index in [1.54, 1.807) is 11.8 Å². The Morgan fingerprint density at radius 2 is 1.88 bits per heavy atom. The molecule has 0 amide bonds. The molecule has 17 heavy (non-hydrogen) atoms. The maximum Gasteiger partial charge on any atom is 0.0671 e. The van der Waals surface area contributed by atoms with Crippen molar-refractivity contribution in [2.24, 2.45) is 0 Å². The molecule has 0 aliphatic heterocycles. The summed E-state index contributed by atoms with van der Waals surface area (Å²) in [5.41, 5.74) is 2.69. The molecule has 1 aromatic carbocycles. The van der Waals surface area contributed by atoms with Gasteiger partial charge >= 0.3 is 0 Å². The molecule has 0 aliphatic carbocycles. The third kappa shape index (κ3) is 2.73. The first-order valence-electron chi connectivity index (χ1n) is 5.61. The van der Waals surface area contributed by atoms with Gasteiger partial charge in [-0.25, -0.2) is 0 Å². The minimum Gasteiger partial charge on any atom is -0.309 e. The minimum absolute atomic E-state index is 0.311. The van der Waals surface area contributed by atoms with Gasteiger partial charge in [0.25, 0.3) is 0 Å². The van der Waals surface area contributed by atoms with Gasteiger partial charge in [-0.05, 0) is 54.9 Å². The fraction of sp³-hybridized carbons (Fsp3) is 0.286. The van der Waals surface area contributed by atoms with Crippen molar-refractivity contribution < 1.29 is 0 Å². The average molecular weight is 263 g/mol. The molecule has 0 saturated heterocycles. The van der Waals surface area contributed by atoms with E-state index in [1.165, 1.54) is 20.9 Å². The molecule has 0 radical (unpaired) electrons. The summed E-state index contributed by atoms with van der Waals surface area (Å²) in [7, 11) is 2.02. The van der Waals surface area contributed by atoms with Crippen LogP contribution in [-0.4, -0.2) is 13.3 Å². The molecule has 2 rings (SSSR count). The van der Waals surface area contributed by atoms with Gasteiger partial charge in [0.1, 0.15) is 0 Å². The molecule has 1 unspecified atom stereocenters. The highest BCUT2D eigenvalue weighted by molar-refractivity contribution is 7.98. The number of thioether (sulfide) groups is 1. The number of hydrogen-bond acceptors (Lipinski definition) is 3. The van der Waals surface area contributed by atoms with Crippen molar-refractivity contribution in [2.75, 3.05) is 13.3 Å². The van der Waals surface area contributed by atoms with Gasteiger partial charge in [-0.1, -0.05) is 12.1 Å². The summed E-state index contributed by atoms with van der Waals surface area (Å²) < 4.78 is 0. The summed E-state index contributed by atoms with van der Waals surface area (Å²) >= 11 is 3.60. The summed E-state index contributed by atoms with van der Waals surface area (Å²) in [5.74, 6) is 0. The lowest BCUT2D eigenvalue weighted by Gasteiger charge is -2.16. The highest BCUT2D eigenvalue weighted by Crippen LogP contribution is 2.30. The molecule has 0 saturated carbocycles. The number of hydrogen-bond donors (Lipinski definition) is 1. The van der Waals surface area contributed by atoms with Crippen LogP contribution in [-0.2, 0) is 0 Å². The summed E-state index contributed by atoms with van der Waals surface area (Å²) in [5, 5.41) is 5.56. The maximum absolute atomic E-state index is 3.40. The first-order chi connectivity index (χ1) is 8.26. The number of rotatable bonds is 4. The topological polar surface area (TPSA) is 12.0 Å². The monoisotopic (exact) mass is 263 g/mol. The lowest BCUT2D eigenvalue weighted by Crippen LogP contribution is -2.17.